The quantitative estimate of drug-likeness (QED) is 0.923. The van der Waals surface area contributed by atoms with Crippen LogP contribution in [-0.4, -0.2) is 35.5 Å². The molecule has 0 amide bonds. The van der Waals surface area contributed by atoms with E-state index in [9.17, 15) is 0 Å². The number of halogens is 1. The molecule has 1 aliphatic heterocycles. The van der Waals surface area contributed by atoms with Gasteiger partial charge in [-0.15, -0.1) is 11.3 Å². The van der Waals surface area contributed by atoms with Crippen molar-refractivity contribution in [1.82, 2.24) is 4.90 Å². The molecule has 96 valence electrons. The van der Waals surface area contributed by atoms with Crippen LogP contribution in [0.4, 0.5) is 0 Å². The first-order valence-corrected chi connectivity index (χ1v) is 8.35. The lowest BCUT2D eigenvalue weighted by Gasteiger charge is -2.36. The summed E-state index contributed by atoms with van der Waals surface area (Å²) in [6.45, 7) is 5.23. The molecule has 17 heavy (non-hydrogen) atoms. The highest BCUT2D eigenvalue weighted by Crippen LogP contribution is 2.32. The van der Waals surface area contributed by atoms with E-state index in [0.717, 1.165) is 23.4 Å². The van der Waals surface area contributed by atoms with Crippen molar-refractivity contribution in [3.63, 3.8) is 0 Å². The number of thiophene rings is 1. The molecule has 0 radical (unpaired) electrons. The molecule has 0 aliphatic carbocycles. The van der Waals surface area contributed by atoms with E-state index in [4.69, 9.17) is 17.3 Å². The SMILES string of the molecule is CCC1CN(C(CN)c2cc(Cl)cs2)CCS1. The van der Waals surface area contributed by atoms with Crippen LogP contribution in [-0.2, 0) is 0 Å². The average Bonchev–Trinajstić information content (AvgIpc) is 2.77. The molecule has 1 fully saturated rings. The molecule has 2 unspecified atom stereocenters. The maximum Gasteiger partial charge on any atom is 0.0565 e. The van der Waals surface area contributed by atoms with Crippen LogP contribution in [0.25, 0.3) is 0 Å². The van der Waals surface area contributed by atoms with Crippen LogP contribution in [0.15, 0.2) is 11.4 Å². The normalized spacial score (nSPS) is 23.8. The van der Waals surface area contributed by atoms with E-state index in [-0.39, 0.29) is 0 Å². The van der Waals surface area contributed by atoms with Gasteiger partial charge in [-0.1, -0.05) is 18.5 Å². The molecule has 0 saturated carbocycles. The number of rotatable bonds is 4. The van der Waals surface area contributed by atoms with E-state index in [0.29, 0.717) is 12.6 Å². The summed E-state index contributed by atoms with van der Waals surface area (Å²) in [5, 5.41) is 3.59. The Labute approximate surface area is 117 Å². The van der Waals surface area contributed by atoms with Gasteiger partial charge in [-0.2, -0.15) is 11.8 Å². The van der Waals surface area contributed by atoms with E-state index < -0.39 is 0 Å². The van der Waals surface area contributed by atoms with Crippen LogP contribution in [0.5, 0.6) is 0 Å². The van der Waals surface area contributed by atoms with E-state index >= 15 is 0 Å². The van der Waals surface area contributed by atoms with Gasteiger partial charge >= 0.3 is 0 Å². The number of thioether (sulfide) groups is 1. The maximum absolute atomic E-state index is 6.00. The molecule has 2 atom stereocenters. The molecule has 0 aromatic carbocycles. The Bertz CT molecular complexity index is 356. The molecule has 5 heteroatoms. The van der Waals surface area contributed by atoms with Gasteiger partial charge in [0.15, 0.2) is 0 Å². The molecule has 2 heterocycles. The minimum atomic E-state index is 0.349. The van der Waals surface area contributed by atoms with Gasteiger partial charge in [-0.25, -0.2) is 0 Å². The Kier molecular flexibility index (Phi) is 5.18. The second kappa shape index (κ2) is 6.43. The van der Waals surface area contributed by atoms with Crippen molar-refractivity contribution < 1.29 is 0 Å². The third kappa shape index (κ3) is 3.38. The number of hydrogen-bond acceptors (Lipinski definition) is 4. The van der Waals surface area contributed by atoms with Crippen LogP contribution in [0, 0.1) is 0 Å². The zero-order chi connectivity index (χ0) is 12.3. The fourth-order valence-electron chi connectivity index (χ4n) is 2.22. The van der Waals surface area contributed by atoms with Gasteiger partial charge in [0.1, 0.15) is 0 Å². The fraction of sp³-hybridized carbons (Fsp3) is 0.667. The lowest BCUT2D eigenvalue weighted by atomic mass is 10.1. The summed E-state index contributed by atoms with van der Waals surface area (Å²) in [4.78, 5) is 3.83. The maximum atomic E-state index is 6.00. The minimum absolute atomic E-state index is 0.349. The molecular formula is C12H19ClN2S2. The van der Waals surface area contributed by atoms with Gasteiger partial charge in [0.05, 0.1) is 11.1 Å². The van der Waals surface area contributed by atoms with Crippen LogP contribution in [0.2, 0.25) is 5.02 Å². The molecular weight excluding hydrogens is 272 g/mol. The zero-order valence-electron chi connectivity index (χ0n) is 10.1. The summed E-state index contributed by atoms with van der Waals surface area (Å²) in [6.07, 6.45) is 1.24. The highest BCUT2D eigenvalue weighted by atomic mass is 35.5. The largest absolute Gasteiger partial charge is 0.329 e. The van der Waals surface area contributed by atoms with E-state index in [2.05, 4.69) is 29.7 Å². The molecule has 2 N–H and O–H groups in total. The van der Waals surface area contributed by atoms with Crippen molar-refractivity contribution in [2.24, 2.45) is 5.73 Å². The second-order valence-corrected chi connectivity index (χ2v) is 7.10. The van der Waals surface area contributed by atoms with Crippen LogP contribution >= 0.6 is 34.7 Å². The molecule has 1 aromatic heterocycles. The highest BCUT2D eigenvalue weighted by Gasteiger charge is 2.26. The van der Waals surface area contributed by atoms with E-state index in [1.807, 2.05) is 5.38 Å². The first-order chi connectivity index (χ1) is 8.24. The molecule has 0 bridgehead atoms. The van der Waals surface area contributed by atoms with Gasteiger partial charge < -0.3 is 5.73 Å². The standard InChI is InChI=1S/C12H19ClN2S2/c1-2-10-7-15(3-4-16-10)11(6-14)12-5-9(13)8-17-12/h5,8,10-11H,2-4,6-7,14H2,1H3. The lowest BCUT2D eigenvalue weighted by molar-refractivity contribution is 0.210. The molecule has 1 aliphatic rings. The number of nitrogens with two attached hydrogens (primary N) is 1. The second-order valence-electron chi connectivity index (χ2n) is 4.31. The van der Waals surface area contributed by atoms with Gasteiger partial charge in [0, 0.05) is 40.9 Å². The van der Waals surface area contributed by atoms with Crippen molar-refractivity contribution in [3.05, 3.63) is 21.3 Å². The zero-order valence-corrected chi connectivity index (χ0v) is 12.5. The van der Waals surface area contributed by atoms with Gasteiger partial charge in [-0.05, 0) is 12.5 Å². The van der Waals surface area contributed by atoms with Crippen molar-refractivity contribution in [2.75, 3.05) is 25.4 Å². The first kappa shape index (κ1) is 13.7. The summed E-state index contributed by atoms with van der Waals surface area (Å²) < 4.78 is 0. The molecule has 2 nitrogen and oxygen atoms in total. The molecule has 0 spiro atoms. The van der Waals surface area contributed by atoms with Gasteiger partial charge in [0.2, 0.25) is 0 Å². The third-order valence-corrected chi connectivity index (χ3v) is 5.96. The monoisotopic (exact) mass is 290 g/mol. The van der Waals surface area contributed by atoms with Crippen molar-refractivity contribution in [3.8, 4) is 0 Å². The molecule has 1 saturated heterocycles. The summed E-state index contributed by atoms with van der Waals surface area (Å²) in [6, 6.07) is 2.41. The minimum Gasteiger partial charge on any atom is -0.329 e. The lowest BCUT2D eigenvalue weighted by Crippen LogP contribution is -2.42. The fourth-order valence-corrected chi connectivity index (χ4v) is 4.66. The molecule has 2 rings (SSSR count). The Balaban J connectivity index is 2.07. The van der Waals surface area contributed by atoms with Crippen molar-refractivity contribution >= 4 is 34.7 Å². The smallest absolute Gasteiger partial charge is 0.0565 e. The molecule has 1 aromatic rings. The van der Waals surface area contributed by atoms with Crippen LogP contribution in [0.1, 0.15) is 24.3 Å². The highest BCUT2D eigenvalue weighted by molar-refractivity contribution is 8.00. The Morgan fingerprint density at radius 2 is 2.47 bits per heavy atom. The van der Waals surface area contributed by atoms with Crippen LogP contribution in [0.3, 0.4) is 0 Å². The Morgan fingerprint density at radius 3 is 3.06 bits per heavy atom. The van der Waals surface area contributed by atoms with E-state index in [1.54, 1.807) is 11.3 Å². The van der Waals surface area contributed by atoms with Crippen LogP contribution < -0.4 is 5.73 Å². The Morgan fingerprint density at radius 1 is 1.65 bits per heavy atom. The number of nitrogens with zero attached hydrogens (tertiary/aromatic N) is 1. The van der Waals surface area contributed by atoms with Crippen molar-refractivity contribution in [1.29, 1.82) is 0 Å². The summed E-state index contributed by atoms with van der Waals surface area (Å²) in [5.74, 6) is 1.22. The summed E-state index contributed by atoms with van der Waals surface area (Å²) in [5.41, 5.74) is 5.95. The summed E-state index contributed by atoms with van der Waals surface area (Å²) >= 11 is 9.82. The number of hydrogen-bond donors (Lipinski definition) is 1. The van der Waals surface area contributed by atoms with Crippen molar-refractivity contribution in [2.45, 2.75) is 24.6 Å². The predicted molar refractivity (Wildman–Crippen MR) is 79.2 cm³/mol. The predicted octanol–water partition coefficient (Wildman–Crippen LogP) is 3.23. The third-order valence-electron chi connectivity index (χ3n) is 3.21. The van der Waals surface area contributed by atoms with E-state index in [1.165, 1.54) is 17.1 Å². The summed E-state index contributed by atoms with van der Waals surface area (Å²) in [7, 11) is 0. The average molecular weight is 291 g/mol. The Hall–Kier alpha value is 0.260. The van der Waals surface area contributed by atoms with Gasteiger partial charge in [-0.3, -0.25) is 4.90 Å². The topological polar surface area (TPSA) is 29.3 Å². The first-order valence-electron chi connectivity index (χ1n) is 6.04. The van der Waals surface area contributed by atoms with Gasteiger partial charge in [0.25, 0.3) is 0 Å².